The zero-order chi connectivity index (χ0) is 12.7. The maximum Gasteiger partial charge on any atom is 0.338 e. The second kappa shape index (κ2) is 6.44. The van der Waals surface area contributed by atoms with Crippen molar-refractivity contribution in [2.45, 2.75) is 13.5 Å². The summed E-state index contributed by atoms with van der Waals surface area (Å²) in [4.78, 5) is 29.6. The predicted molar refractivity (Wildman–Crippen MR) is 57.9 cm³/mol. The van der Waals surface area contributed by atoms with E-state index in [0.29, 0.717) is 0 Å². The fourth-order valence-corrected chi connectivity index (χ4v) is 0.985. The van der Waals surface area contributed by atoms with Gasteiger partial charge in [-0.3, -0.25) is 9.82 Å². The fraction of sp³-hybridized carbons (Fsp3) is 0.300. The maximum absolute atomic E-state index is 11.1. The highest BCUT2D eigenvalue weighted by Gasteiger charge is 2.02. The van der Waals surface area contributed by atoms with E-state index in [2.05, 4.69) is 15.1 Å². The number of nitrogens with one attached hydrogen (secondary N) is 2. The Bertz CT molecular complexity index is 391. The molecule has 0 aromatic carbocycles. The largest absolute Gasteiger partial charge is 0.479 e. The molecule has 3 N–H and O–H groups in total. The summed E-state index contributed by atoms with van der Waals surface area (Å²) < 4.78 is 0. The third kappa shape index (κ3) is 5.47. The van der Waals surface area contributed by atoms with Crippen molar-refractivity contribution in [3.05, 3.63) is 29.6 Å². The average molecular weight is 239 g/mol. The lowest BCUT2D eigenvalue weighted by Crippen LogP contribution is -2.36. The van der Waals surface area contributed by atoms with Crippen LogP contribution in [0.15, 0.2) is 18.3 Å². The molecule has 1 heterocycles. The topological polar surface area (TPSA) is 101 Å². The number of aryl methyl sites for hydroxylation is 1. The lowest BCUT2D eigenvalue weighted by Gasteiger charge is -2.06. The van der Waals surface area contributed by atoms with Crippen LogP contribution >= 0.6 is 0 Å². The van der Waals surface area contributed by atoms with Crippen LogP contribution in [0, 0.1) is 6.92 Å². The van der Waals surface area contributed by atoms with Gasteiger partial charge in [0.1, 0.15) is 0 Å². The summed E-state index contributed by atoms with van der Waals surface area (Å²) in [5.74, 6) is -1.16. The Morgan fingerprint density at radius 2 is 2.24 bits per heavy atom. The zero-order valence-electron chi connectivity index (χ0n) is 9.27. The summed E-state index contributed by atoms with van der Waals surface area (Å²) in [5.41, 5.74) is 3.67. The number of carbonyl (C=O) groups excluding carboxylic acids is 1. The Kier molecular flexibility index (Phi) is 4.89. The van der Waals surface area contributed by atoms with Gasteiger partial charge in [-0.15, -0.1) is 0 Å². The summed E-state index contributed by atoms with van der Waals surface area (Å²) in [6, 6.07) is 3.06. The Morgan fingerprint density at radius 1 is 1.47 bits per heavy atom. The molecule has 17 heavy (non-hydrogen) atoms. The van der Waals surface area contributed by atoms with Gasteiger partial charge in [0.05, 0.1) is 0 Å². The number of pyridine rings is 1. The van der Waals surface area contributed by atoms with Gasteiger partial charge in [-0.05, 0) is 18.6 Å². The fourth-order valence-electron chi connectivity index (χ4n) is 0.985. The Labute approximate surface area is 97.8 Å². The minimum absolute atomic E-state index is 0.287. The van der Waals surface area contributed by atoms with Crippen molar-refractivity contribution in [3.63, 3.8) is 0 Å². The quantitative estimate of drug-likeness (QED) is 0.637. The van der Waals surface area contributed by atoms with Crippen molar-refractivity contribution in [1.82, 2.24) is 15.8 Å². The van der Waals surface area contributed by atoms with Gasteiger partial charge in [0.15, 0.2) is 6.61 Å². The van der Waals surface area contributed by atoms with E-state index >= 15 is 0 Å². The van der Waals surface area contributed by atoms with Crippen molar-refractivity contribution in [2.24, 2.45) is 0 Å². The number of hydrogen-bond acceptors (Lipinski definition) is 4. The number of hydroxylamine groups is 1. The molecule has 0 spiro atoms. The van der Waals surface area contributed by atoms with E-state index in [1.807, 2.05) is 24.5 Å². The minimum Gasteiger partial charge on any atom is -0.479 e. The number of carboxylic acids is 1. The Balaban J connectivity index is 2.23. The molecule has 2 amide bonds. The van der Waals surface area contributed by atoms with Crippen LogP contribution in [-0.4, -0.2) is 28.7 Å². The van der Waals surface area contributed by atoms with Gasteiger partial charge in [-0.1, -0.05) is 6.07 Å². The molecular weight excluding hydrogens is 226 g/mol. The molecule has 0 atom stereocenters. The minimum atomic E-state index is -1.16. The highest BCUT2D eigenvalue weighted by molar-refractivity contribution is 5.73. The molecule has 0 aliphatic carbocycles. The molecule has 1 aromatic heterocycles. The molecule has 0 aliphatic rings. The molecule has 0 aliphatic heterocycles. The molecule has 0 bridgehead atoms. The second-order valence-corrected chi connectivity index (χ2v) is 3.27. The zero-order valence-corrected chi connectivity index (χ0v) is 9.27. The number of carbonyl (C=O) groups is 2. The SMILES string of the molecule is Cc1ccc(CNC(=O)NOCC(=O)O)cn1. The molecule has 1 rings (SSSR count). The highest BCUT2D eigenvalue weighted by Crippen LogP contribution is 1.98. The second-order valence-electron chi connectivity index (χ2n) is 3.27. The number of carboxylic acid groups (broad SMARTS) is 1. The van der Waals surface area contributed by atoms with Crippen molar-refractivity contribution in [1.29, 1.82) is 0 Å². The predicted octanol–water partition coefficient (Wildman–Crippen LogP) is 0.205. The van der Waals surface area contributed by atoms with Gasteiger partial charge in [0.25, 0.3) is 0 Å². The van der Waals surface area contributed by atoms with E-state index in [0.717, 1.165) is 11.3 Å². The van der Waals surface area contributed by atoms with Crippen LogP contribution in [0.25, 0.3) is 0 Å². The Hall–Kier alpha value is -2.15. The molecule has 0 saturated carbocycles. The van der Waals surface area contributed by atoms with Crippen LogP contribution in [-0.2, 0) is 16.2 Å². The number of urea groups is 1. The van der Waals surface area contributed by atoms with Crippen molar-refractivity contribution >= 4 is 12.0 Å². The van der Waals surface area contributed by atoms with Crippen LogP contribution in [0.5, 0.6) is 0 Å². The molecule has 0 saturated heterocycles. The monoisotopic (exact) mass is 239 g/mol. The first-order valence-electron chi connectivity index (χ1n) is 4.87. The van der Waals surface area contributed by atoms with E-state index in [9.17, 15) is 9.59 Å². The molecule has 0 unspecified atom stereocenters. The van der Waals surface area contributed by atoms with E-state index < -0.39 is 18.6 Å². The Morgan fingerprint density at radius 3 is 2.82 bits per heavy atom. The summed E-state index contributed by atoms with van der Waals surface area (Å²) in [6.45, 7) is 1.57. The number of aromatic nitrogens is 1. The lowest BCUT2D eigenvalue weighted by atomic mass is 10.2. The smallest absolute Gasteiger partial charge is 0.338 e. The summed E-state index contributed by atoms with van der Waals surface area (Å²) in [5, 5.41) is 10.7. The molecule has 7 heteroatoms. The standard InChI is InChI=1S/C10H13N3O4/c1-7-2-3-8(4-11-7)5-12-10(16)13-17-6-9(14)15/h2-4H,5-6H2,1H3,(H,14,15)(H2,12,13,16). The van der Waals surface area contributed by atoms with Gasteiger partial charge >= 0.3 is 12.0 Å². The molecule has 0 radical (unpaired) electrons. The third-order valence-electron chi connectivity index (χ3n) is 1.79. The first-order valence-corrected chi connectivity index (χ1v) is 4.87. The van der Waals surface area contributed by atoms with E-state index in [-0.39, 0.29) is 6.54 Å². The van der Waals surface area contributed by atoms with Crippen LogP contribution in [0.1, 0.15) is 11.3 Å². The van der Waals surface area contributed by atoms with Crippen LogP contribution in [0.3, 0.4) is 0 Å². The van der Waals surface area contributed by atoms with Crippen LogP contribution in [0.4, 0.5) is 4.79 Å². The molecule has 1 aromatic rings. The molecule has 0 fully saturated rings. The summed E-state index contributed by atoms with van der Waals surface area (Å²) in [6.07, 6.45) is 1.65. The molecule has 92 valence electrons. The van der Waals surface area contributed by atoms with Crippen molar-refractivity contribution in [3.8, 4) is 0 Å². The number of hydrogen-bond donors (Lipinski definition) is 3. The summed E-state index contributed by atoms with van der Waals surface area (Å²) >= 11 is 0. The van der Waals surface area contributed by atoms with Gasteiger partial charge in [-0.25, -0.2) is 15.1 Å². The van der Waals surface area contributed by atoms with E-state index in [4.69, 9.17) is 5.11 Å². The van der Waals surface area contributed by atoms with Gasteiger partial charge in [0.2, 0.25) is 0 Å². The number of amides is 2. The van der Waals surface area contributed by atoms with Crippen LogP contribution < -0.4 is 10.8 Å². The summed E-state index contributed by atoms with van der Waals surface area (Å²) in [7, 11) is 0. The van der Waals surface area contributed by atoms with Gasteiger partial charge in [0, 0.05) is 18.4 Å². The third-order valence-corrected chi connectivity index (χ3v) is 1.79. The molecule has 7 nitrogen and oxygen atoms in total. The average Bonchev–Trinajstić information content (AvgIpc) is 2.28. The normalized spacial score (nSPS) is 9.71. The van der Waals surface area contributed by atoms with E-state index in [1.165, 1.54) is 0 Å². The van der Waals surface area contributed by atoms with Crippen molar-refractivity contribution in [2.75, 3.05) is 6.61 Å². The van der Waals surface area contributed by atoms with Crippen LogP contribution in [0.2, 0.25) is 0 Å². The van der Waals surface area contributed by atoms with E-state index in [1.54, 1.807) is 6.20 Å². The van der Waals surface area contributed by atoms with Crippen molar-refractivity contribution < 1.29 is 19.5 Å². The number of aliphatic carboxylic acids is 1. The molecular formula is C10H13N3O4. The van der Waals surface area contributed by atoms with Gasteiger partial charge < -0.3 is 10.4 Å². The first kappa shape index (κ1) is 12.9. The number of nitrogens with zero attached hydrogens (tertiary/aromatic N) is 1. The maximum atomic E-state index is 11.1. The number of rotatable bonds is 5. The van der Waals surface area contributed by atoms with Gasteiger partial charge in [-0.2, -0.15) is 0 Å². The highest BCUT2D eigenvalue weighted by atomic mass is 16.7. The lowest BCUT2D eigenvalue weighted by molar-refractivity contribution is -0.144. The first-order chi connectivity index (χ1) is 8.08.